The number of nitrogens with zero attached hydrogens (tertiary/aromatic N) is 4. The molecule has 1 aliphatic carbocycles. The molecule has 0 N–H and O–H groups in total. The fourth-order valence-electron chi connectivity index (χ4n) is 1.79. The summed E-state index contributed by atoms with van der Waals surface area (Å²) >= 11 is 11.7. The Morgan fingerprint density at radius 3 is 2.73 bits per heavy atom. The molecule has 1 fully saturated rings. The predicted octanol–water partition coefficient (Wildman–Crippen LogP) is 2.86. The van der Waals surface area contributed by atoms with Gasteiger partial charge in [-0.3, -0.25) is 0 Å². The standard InChI is InChI=1S/C9H8Cl2N4/c10-7-6-8(14-9(11)13-7)15(4-12-6)5-2-1-3-5/h4-5H,1-3H2. The molecule has 2 heterocycles. The van der Waals surface area contributed by atoms with Gasteiger partial charge in [-0.1, -0.05) is 11.6 Å². The smallest absolute Gasteiger partial charge is 0.225 e. The Hall–Kier alpha value is -0.870. The minimum atomic E-state index is 0.175. The minimum absolute atomic E-state index is 0.175. The number of fused-ring (bicyclic) bond motifs is 1. The highest BCUT2D eigenvalue weighted by Gasteiger charge is 2.22. The lowest BCUT2D eigenvalue weighted by molar-refractivity contribution is 0.319. The van der Waals surface area contributed by atoms with Crippen molar-refractivity contribution >= 4 is 34.4 Å². The second-order valence-corrected chi connectivity index (χ2v) is 4.39. The first-order chi connectivity index (χ1) is 7.25. The number of hydrogen-bond acceptors (Lipinski definition) is 3. The van der Waals surface area contributed by atoms with Crippen molar-refractivity contribution in [1.29, 1.82) is 0 Å². The fraction of sp³-hybridized carbons (Fsp3) is 0.444. The van der Waals surface area contributed by atoms with Gasteiger partial charge in [0.05, 0.1) is 6.33 Å². The van der Waals surface area contributed by atoms with E-state index in [1.807, 2.05) is 4.57 Å². The molecule has 0 atom stereocenters. The number of aromatic nitrogens is 4. The van der Waals surface area contributed by atoms with Crippen LogP contribution in [-0.4, -0.2) is 19.5 Å². The first-order valence-corrected chi connectivity index (χ1v) is 5.57. The third-order valence-electron chi connectivity index (χ3n) is 2.82. The summed E-state index contributed by atoms with van der Waals surface area (Å²) in [4.78, 5) is 12.2. The van der Waals surface area contributed by atoms with E-state index >= 15 is 0 Å². The van der Waals surface area contributed by atoms with Gasteiger partial charge < -0.3 is 4.57 Å². The molecule has 78 valence electrons. The molecular weight excluding hydrogens is 235 g/mol. The van der Waals surface area contributed by atoms with Gasteiger partial charge in [0.2, 0.25) is 5.28 Å². The van der Waals surface area contributed by atoms with Crippen LogP contribution in [0.4, 0.5) is 0 Å². The van der Waals surface area contributed by atoms with Crippen molar-refractivity contribution in [3.8, 4) is 0 Å². The van der Waals surface area contributed by atoms with Crippen molar-refractivity contribution < 1.29 is 0 Å². The van der Waals surface area contributed by atoms with Crippen LogP contribution in [0.5, 0.6) is 0 Å². The second kappa shape index (κ2) is 3.32. The molecular formula is C9H8Cl2N4. The van der Waals surface area contributed by atoms with Crippen LogP contribution in [0.3, 0.4) is 0 Å². The zero-order chi connectivity index (χ0) is 10.4. The molecule has 0 radical (unpaired) electrons. The highest BCUT2D eigenvalue weighted by atomic mass is 35.5. The zero-order valence-electron chi connectivity index (χ0n) is 7.82. The first-order valence-electron chi connectivity index (χ1n) is 4.81. The molecule has 0 aliphatic heterocycles. The molecule has 0 spiro atoms. The Morgan fingerprint density at radius 1 is 1.27 bits per heavy atom. The SMILES string of the molecule is Clc1nc(Cl)c2ncn(C3CCC3)c2n1. The van der Waals surface area contributed by atoms with E-state index in [4.69, 9.17) is 23.2 Å². The third kappa shape index (κ3) is 1.40. The molecule has 2 aromatic heterocycles. The van der Waals surface area contributed by atoms with Crippen LogP contribution in [0.2, 0.25) is 10.4 Å². The highest BCUT2D eigenvalue weighted by molar-refractivity contribution is 6.35. The largest absolute Gasteiger partial charge is 0.312 e. The van der Waals surface area contributed by atoms with Crippen molar-refractivity contribution in [3.05, 3.63) is 16.8 Å². The molecule has 0 aromatic carbocycles. The molecule has 4 nitrogen and oxygen atoms in total. The normalized spacial score (nSPS) is 16.9. The van der Waals surface area contributed by atoms with Gasteiger partial charge in [-0.15, -0.1) is 0 Å². The first kappa shape index (κ1) is 9.36. The quantitative estimate of drug-likeness (QED) is 0.571. The van der Waals surface area contributed by atoms with Crippen molar-refractivity contribution in [2.24, 2.45) is 0 Å². The van der Waals surface area contributed by atoms with E-state index in [1.54, 1.807) is 6.33 Å². The second-order valence-electron chi connectivity index (χ2n) is 3.69. The molecule has 0 saturated heterocycles. The molecule has 2 aromatic rings. The van der Waals surface area contributed by atoms with Crippen LogP contribution in [0, 0.1) is 0 Å². The topological polar surface area (TPSA) is 43.6 Å². The molecule has 1 aliphatic rings. The molecule has 3 rings (SSSR count). The van der Waals surface area contributed by atoms with Crippen LogP contribution < -0.4 is 0 Å². The molecule has 15 heavy (non-hydrogen) atoms. The van der Waals surface area contributed by atoms with Gasteiger partial charge in [0.1, 0.15) is 5.52 Å². The maximum absolute atomic E-state index is 5.93. The predicted molar refractivity (Wildman–Crippen MR) is 58.2 cm³/mol. The van der Waals surface area contributed by atoms with Crippen LogP contribution in [0.25, 0.3) is 11.2 Å². The van der Waals surface area contributed by atoms with E-state index in [1.165, 1.54) is 19.3 Å². The lowest BCUT2D eigenvalue weighted by Crippen LogP contribution is -2.16. The summed E-state index contributed by atoms with van der Waals surface area (Å²) in [5.74, 6) is 0. The van der Waals surface area contributed by atoms with E-state index in [0.29, 0.717) is 16.7 Å². The van der Waals surface area contributed by atoms with E-state index in [2.05, 4.69) is 15.0 Å². The van der Waals surface area contributed by atoms with E-state index in [9.17, 15) is 0 Å². The van der Waals surface area contributed by atoms with Crippen LogP contribution in [-0.2, 0) is 0 Å². The van der Waals surface area contributed by atoms with Gasteiger partial charge in [0.15, 0.2) is 10.8 Å². The summed E-state index contributed by atoms with van der Waals surface area (Å²) in [5.41, 5.74) is 1.37. The Kier molecular flexibility index (Phi) is 2.07. The number of hydrogen-bond donors (Lipinski definition) is 0. The average Bonchev–Trinajstić information content (AvgIpc) is 2.46. The van der Waals surface area contributed by atoms with Gasteiger partial charge in [0.25, 0.3) is 0 Å². The molecule has 0 unspecified atom stereocenters. The number of halogens is 2. The van der Waals surface area contributed by atoms with Crippen molar-refractivity contribution in [2.75, 3.05) is 0 Å². The van der Waals surface area contributed by atoms with Crippen molar-refractivity contribution in [3.63, 3.8) is 0 Å². The van der Waals surface area contributed by atoms with E-state index in [-0.39, 0.29) is 5.28 Å². The van der Waals surface area contributed by atoms with Crippen molar-refractivity contribution in [1.82, 2.24) is 19.5 Å². The Bertz CT molecular complexity index is 518. The molecule has 1 saturated carbocycles. The Labute approximate surface area is 96.3 Å². The van der Waals surface area contributed by atoms with Crippen LogP contribution >= 0.6 is 23.2 Å². The summed E-state index contributed by atoms with van der Waals surface area (Å²) in [6.07, 6.45) is 5.37. The monoisotopic (exact) mass is 242 g/mol. The van der Waals surface area contributed by atoms with Gasteiger partial charge in [-0.2, -0.15) is 4.98 Å². The van der Waals surface area contributed by atoms with E-state index < -0.39 is 0 Å². The lowest BCUT2D eigenvalue weighted by Gasteiger charge is -2.26. The van der Waals surface area contributed by atoms with E-state index in [0.717, 1.165) is 5.65 Å². The molecule has 0 amide bonds. The van der Waals surface area contributed by atoms with Crippen LogP contribution in [0.1, 0.15) is 25.3 Å². The lowest BCUT2D eigenvalue weighted by atomic mass is 9.93. The maximum atomic E-state index is 5.93. The van der Waals surface area contributed by atoms with Crippen molar-refractivity contribution in [2.45, 2.75) is 25.3 Å². The third-order valence-corrected chi connectivity index (χ3v) is 3.25. The maximum Gasteiger partial charge on any atom is 0.225 e. The summed E-state index contributed by atoms with van der Waals surface area (Å²) in [7, 11) is 0. The highest BCUT2D eigenvalue weighted by Crippen LogP contribution is 2.34. The molecule has 0 bridgehead atoms. The zero-order valence-corrected chi connectivity index (χ0v) is 9.33. The van der Waals surface area contributed by atoms with Gasteiger partial charge in [0, 0.05) is 6.04 Å². The van der Waals surface area contributed by atoms with Gasteiger partial charge in [-0.05, 0) is 30.9 Å². The fourth-order valence-corrected chi connectivity index (χ4v) is 2.21. The Balaban J connectivity index is 2.23. The Morgan fingerprint density at radius 2 is 2.07 bits per heavy atom. The average molecular weight is 243 g/mol. The van der Waals surface area contributed by atoms with Crippen LogP contribution in [0.15, 0.2) is 6.33 Å². The summed E-state index contributed by atoms with van der Waals surface area (Å²) in [5, 5.41) is 0.497. The summed E-state index contributed by atoms with van der Waals surface area (Å²) < 4.78 is 2.04. The minimum Gasteiger partial charge on any atom is -0.312 e. The van der Waals surface area contributed by atoms with Gasteiger partial charge >= 0.3 is 0 Å². The summed E-state index contributed by atoms with van der Waals surface area (Å²) in [6, 6.07) is 0.497. The molecule has 6 heteroatoms. The number of imidazole rings is 1. The summed E-state index contributed by atoms with van der Waals surface area (Å²) in [6.45, 7) is 0. The number of rotatable bonds is 1. The van der Waals surface area contributed by atoms with Gasteiger partial charge in [-0.25, -0.2) is 9.97 Å².